The van der Waals surface area contributed by atoms with E-state index in [1.54, 1.807) is 24.3 Å². The smallest absolute Gasteiger partial charge is 0.249 e. The fourth-order valence-electron chi connectivity index (χ4n) is 2.05. The molecule has 0 bridgehead atoms. The van der Waals surface area contributed by atoms with Crippen molar-refractivity contribution >= 4 is 40.5 Å². The molecule has 7 heteroatoms. The van der Waals surface area contributed by atoms with E-state index in [-0.39, 0.29) is 5.78 Å². The highest BCUT2D eigenvalue weighted by Gasteiger charge is 2.04. The highest BCUT2D eigenvalue weighted by atomic mass is 35.5. The van der Waals surface area contributed by atoms with Crippen LogP contribution < -0.4 is 10.6 Å². The van der Waals surface area contributed by atoms with Crippen LogP contribution in [-0.4, -0.2) is 21.0 Å². The maximum atomic E-state index is 11.3. The summed E-state index contributed by atoms with van der Waals surface area (Å²) in [4.78, 5) is 15.6. The SMILES string of the molecule is CC(=O)c1ccc(Nc2cnnc(Nc3cccc(Cl)c3)n2)cc1. The number of benzene rings is 2. The Morgan fingerprint density at radius 2 is 1.83 bits per heavy atom. The third-order valence-corrected chi connectivity index (χ3v) is 3.44. The van der Waals surface area contributed by atoms with Crippen molar-refractivity contribution < 1.29 is 4.79 Å². The first kappa shape index (κ1) is 15.9. The number of carbonyl (C=O) groups excluding carboxylic acids is 1. The van der Waals surface area contributed by atoms with E-state index >= 15 is 0 Å². The van der Waals surface area contributed by atoms with Crippen molar-refractivity contribution in [2.75, 3.05) is 10.6 Å². The zero-order valence-electron chi connectivity index (χ0n) is 12.8. The van der Waals surface area contributed by atoms with Crippen LogP contribution in [0.25, 0.3) is 0 Å². The van der Waals surface area contributed by atoms with Crippen LogP contribution in [0.4, 0.5) is 23.1 Å². The van der Waals surface area contributed by atoms with Gasteiger partial charge in [-0.1, -0.05) is 17.7 Å². The van der Waals surface area contributed by atoms with Crippen molar-refractivity contribution in [3.05, 3.63) is 65.3 Å². The van der Waals surface area contributed by atoms with Crippen LogP contribution in [-0.2, 0) is 0 Å². The lowest BCUT2D eigenvalue weighted by atomic mass is 10.1. The molecule has 3 rings (SSSR count). The van der Waals surface area contributed by atoms with Gasteiger partial charge in [0.2, 0.25) is 5.95 Å². The average molecular weight is 340 g/mol. The number of anilines is 4. The van der Waals surface area contributed by atoms with Crippen molar-refractivity contribution in [1.29, 1.82) is 0 Å². The van der Waals surface area contributed by atoms with Gasteiger partial charge in [-0.05, 0) is 49.4 Å². The number of halogens is 1. The lowest BCUT2D eigenvalue weighted by Gasteiger charge is -2.08. The van der Waals surface area contributed by atoms with Gasteiger partial charge >= 0.3 is 0 Å². The van der Waals surface area contributed by atoms with Crippen LogP contribution in [0.15, 0.2) is 54.7 Å². The number of nitrogens with one attached hydrogen (secondary N) is 2. The summed E-state index contributed by atoms with van der Waals surface area (Å²) in [6, 6.07) is 14.4. The van der Waals surface area contributed by atoms with Gasteiger partial charge in [0.15, 0.2) is 11.6 Å². The molecule has 1 heterocycles. The molecule has 0 amide bonds. The summed E-state index contributed by atoms with van der Waals surface area (Å²) in [7, 11) is 0. The molecule has 0 radical (unpaired) electrons. The average Bonchev–Trinajstić information content (AvgIpc) is 2.56. The first-order valence-corrected chi connectivity index (χ1v) is 7.58. The number of nitrogens with zero attached hydrogens (tertiary/aromatic N) is 3. The Kier molecular flexibility index (Phi) is 4.67. The molecule has 6 nitrogen and oxygen atoms in total. The number of hydrogen-bond donors (Lipinski definition) is 2. The molecule has 0 fully saturated rings. The summed E-state index contributed by atoms with van der Waals surface area (Å²) in [6.45, 7) is 1.53. The van der Waals surface area contributed by atoms with Crippen LogP contribution in [0.1, 0.15) is 17.3 Å². The highest BCUT2D eigenvalue weighted by molar-refractivity contribution is 6.30. The van der Waals surface area contributed by atoms with Crippen LogP contribution in [0, 0.1) is 0 Å². The molecule has 3 aromatic rings. The van der Waals surface area contributed by atoms with Crippen molar-refractivity contribution in [3.8, 4) is 0 Å². The van der Waals surface area contributed by atoms with Crippen molar-refractivity contribution in [3.63, 3.8) is 0 Å². The largest absolute Gasteiger partial charge is 0.339 e. The molecule has 0 unspecified atom stereocenters. The van der Waals surface area contributed by atoms with Crippen LogP contribution in [0.5, 0.6) is 0 Å². The molecular formula is C17H14ClN5O. The van der Waals surface area contributed by atoms with Gasteiger partial charge in [0, 0.05) is 22.0 Å². The molecule has 0 aliphatic rings. The minimum Gasteiger partial charge on any atom is -0.339 e. The third kappa shape index (κ3) is 4.05. The molecule has 0 spiro atoms. The number of hydrogen-bond acceptors (Lipinski definition) is 6. The second-order valence-electron chi connectivity index (χ2n) is 5.06. The Bertz CT molecular complexity index is 867. The Morgan fingerprint density at radius 3 is 2.54 bits per heavy atom. The topological polar surface area (TPSA) is 79.8 Å². The molecule has 0 aliphatic heterocycles. The first-order valence-electron chi connectivity index (χ1n) is 7.20. The second-order valence-corrected chi connectivity index (χ2v) is 5.50. The second kappa shape index (κ2) is 7.06. The number of rotatable bonds is 5. The van der Waals surface area contributed by atoms with E-state index in [9.17, 15) is 4.79 Å². The number of carbonyl (C=O) groups is 1. The molecule has 1 aromatic heterocycles. The predicted octanol–water partition coefficient (Wildman–Crippen LogP) is 4.21. The Morgan fingerprint density at radius 1 is 1.04 bits per heavy atom. The summed E-state index contributed by atoms with van der Waals surface area (Å²) in [5.74, 6) is 0.908. The zero-order valence-corrected chi connectivity index (χ0v) is 13.6. The van der Waals surface area contributed by atoms with E-state index in [0.29, 0.717) is 22.4 Å². The van der Waals surface area contributed by atoms with Crippen LogP contribution >= 0.6 is 11.6 Å². The van der Waals surface area contributed by atoms with Crippen molar-refractivity contribution in [1.82, 2.24) is 15.2 Å². The molecule has 120 valence electrons. The predicted molar refractivity (Wildman–Crippen MR) is 94.3 cm³/mol. The van der Waals surface area contributed by atoms with Gasteiger partial charge in [0.1, 0.15) is 0 Å². The van der Waals surface area contributed by atoms with E-state index in [4.69, 9.17) is 11.6 Å². The van der Waals surface area contributed by atoms with Gasteiger partial charge in [0.25, 0.3) is 0 Å². The molecule has 0 saturated heterocycles. The molecule has 2 aromatic carbocycles. The van der Waals surface area contributed by atoms with Crippen molar-refractivity contribution in [2.24, 2.45) is 0 Å². The van der Waals surface area contributed by atoms with E-state index in [1.807, 2.05) is 24.3 Å². The van der Waals surface area contributed by atoms with Gasteiger partial charge < -0.3 is 10.6 Å². The molecule has 0 atom stereocenters. The van der Waals surface area contributed by atoms with E-state index in [0.717, 1.165) is 11.4 Å². The summed E-state index contributed by atoms with van der Waals surface area (Å²) < 4.78 is 0. The number of ketones is 1. The normalized spacial score (nSPS) is 10.2. The summed E-state index contributed by atoms with van der Waals surface area (Å²) in [5, 5.41) is 14.6. The number of aromatic nitrogens is 3. The Hall–Kier alpha value is -2.99. The van der Waals surface area contributed by atoms with Gasteiger partial charge in [-0.15, -0.1) is 5.10 Å². The molecular weight excluding hydrogens is 326 g/mol. The molecule has 24 heavy (non-hydrogen) atoms. The summed E-state index contributed by atoms with van der Waals surface area (Å²) in [5.41, 5.74) is 2.23. The lowest BCUT2D eigenvalue weighted by molar-refractivity contribution is 0.101. The Labute approximate surface area is 143 Å². The van der Waals surface area contributed by atoms with Gasteiger partial charge in [-0.2, -0.15) is 10.1 Å². The van der Waals surface area contributed by atoms with Crippen molar-refractivity contribution in [2.45, 2.75) is 6.92 Å². The summed E-state index contributed by atoms with van der Waals surface area (Å²) >= 11 is 5.95. The zero-order chi connectivity index (χ0) is 16.9. The number of Topliss-reactive ketones (excluding diaryl/α,β-unsaturated/α-hetero) is 1. The molecule has 0 saturated carbocycles. The van der Waals surface area contributed by atoms with Gasteiger partial charge in [-0.3, -0.25) is 4.79 Å². The molecule has 2 N–H and O–H groups in total. The van der Waals surface area contributed by atoms with Crippen LogP contribution in [0.2, 0.25) is 5.02 Å². The maximum Gasteiger partial charge on any atom is 0.249 e. The minimum absolute atomic E-state index is 0.0262. The fraction of sp³-hybridized carbons (Fsp3) is 0.0588. The lowest BCUT2D eigenvalue weighted by Crippen LogP contribution is -2.02. The quantitative estimate of drug-likeness (QED) is 0.678. The van der Waals surface area contributed by atoms with Gasteiger partial charge in [0.05, 0.1) is 6.20 Å². The highest BCUT2D eigenvalue weighted by Crippen LogP contribution is 2.19. The van der Waals surface area contributed by atoms with E-state index < -0.39 is 0 Å². The standard InChI is InChI=1S/C17H14ClN5O/c1-11(24)12-5-7-14(8-6-12)20-16-10-19-23-17(22-16)21-15-4-2-3-13(18)9-15/h2-10H,1H3,(H2,20,21,22,23). The first-order chi connectivity index (χ1) is 11.6. The monoisotopic (exact) mass is 339 g/mol. The third-order valence-electron chi connectivity index (χ3n) is 3.20. The fourth-order valence-corrected chi connectivity index (χ4v) is 2.24. The van der Waals surface area contributed by atoms with E-state index in [2.05, 4.69) is 25.8 Å². The Balaban J connectivity index is 1.74. The van der Waals surface area contributed by atoms with Gasteiger partial charge in [-0.25, -0.2) is 0 Å². The maximum absolute atomic E-state index is 11.3. The molecule has 0 aliphatic carbocycles. The summed E-state index contributed by atoms with van der Waals surface area (Å²) in [6.07, 6.45) is 1.52. The van der Waals surface area contributed by atoms with E-state index in [1.165, 1.54) is 13.1 Å². The minimum atomic E-state index is 0.0262. The van der Waals surface area contributed by atoms with Crippen LogP contribution in [0.3, 0.4) is 0 Å².